The summed E-state index contributed by atoms with van der Waals surface area (Å²) in [7, 11) is 0. The number of tetrazole rings is 1. The largest absolute Gasteiger partial charge is 0.508 e. The second-order valence-electron chi connectivity index (χ2n) is 9.57. The maximum atomic E-state index is 10.6. The van der Waals surface area contributed by atoms with Crippen LogP contribution in [0.4, 0.5) is 0 Å². The number of nitrogens with zero attached hydrogens (tertiary/aromatic N) is 6. The van der Waals surface area contributed by atoms with Crippen LogP contribution >= 0.6 is 0 Å². The number of carbonyl (C=O) groups is 1. The highest BCUT2D eigenvalue weighted by atomic mass is 16.5. The summed E-state index contributed by atoms with van der Waals surface area (Å²) < 4.78 is 5.05. The van der Waals surface area contributed by atoms with Gasteiger partial charge in [0.15, 0.2) is 0 Å². The van der Waals surface area contributed by atoms with E-state index in [0.29, 0.717) is 12.4 Å². The zero-order valence-electron chi connectivity index (χ0n) is 21.6. The van der Waals surface area contributed by atoms with Crippen LogP contribution < -0.4 is 0 Å². The SMILES string of the molecule is O=C(O)COCCn1nnc(-c2ccc(C(c3cccc(O)c3)N3CCN(Cc4ccccc4)CC3)cc2)n1. The number of hydrogen-bond acceptors (Lipinski definition) is 8. The van der Waals surface area contributed by atoms with E-state index in [1.807, 2.05) is 30.3 Å². The number of aromatic nitrogens is 4. The average Bonchev–Trinajstić information content (AvgIpc) is 3.42. The molecule has 1 saturated heterocycles. The van der Waals surface area contributed by atoms with Gasteiger partial charge in [0, 0.05) is 38.3 Å². The molecule has 1 aromatic heterocycles. The zero-order valence-corrected chi connectivity index (χ0v) is 21.6. The van der Waals surface area contributed by atoms with E-state index in [1.165, 1.54) is 10.4 Å². The van der Waals surface area contributed by atoms with Crippen molar-refractivity contribution in [1.29, 1.82) is 0 Å². The Bertz CT molecular complexity index is 1350. The molecule has 2 N–H and O–H groups in total. The number of ether oxygens (including phenoxy) is 1. The number of hydrogen-bond donors (Lipinski definition) is 2. The van der Waals surface area contributed by atoms with E-state index in [4.69, 9.17) is 9.84 Å². The monoisotopic (exact) mass is 528 g/mol. The summed E-state index contributed by atoms with van der Waals surface area (Å²) >= 11 is 0. The van der Waals surface area contributed by atoms with Crippen LogP contribution in [-0.4, -0.2) is 85.6 Å². The van der Waals surface area contributed by atoms with Crippen molar-refractivity contribution in [2.24, 2.45) is 0 Å². The van der Waals surface area contributed by atoms with E-state index in [1.54, 1.807) is 6.07 Å². The molecule has 4 aromatic rings. The number of benzene rings is 3. The van der Waals surface area contributed by atoms with Crippen molar-refractivity contribution in [3.05, 3.63) is 95.6 Å². The number of aromatic hydroxyl groups is 1. The van der Waals surface area contributed by atoms with Gasteiger partial charge in [-0.15, -0.1) is 10.2 Å². The van der Waals surface area contributed by atoms with Crippen molar-refractivity contribution in [2.75, 3.05) is 39.4 Å². The lowest BCUT2D eigenvalue weighted by Crippen LogP contribution is -2.47. The number of rotatable bonds is 11. The second-order valence-corrected chi connectivity index (χ2v) is 9.57. The fraction of sp³-hybridized carbons (Fsp3) is 0.310. The molecule has 1 unspecified atom stereocenters. The molecular formula is C29H32N6O4. The van der Waals surface area contributed by atoms with Gasteiger partial charge in [0.05, 0.1) is 19.2 Å². The Labute approximate surface area is 227 Å². The number of phenolic OH excluding ortho intramolecular Hbond substituents is 1. The van der Waals surface area contributed by atoms with Gasteiger partial charge in [-0.1, -0.05) is 66.7 Å². The van der Waals surface area contributed by atoms with Crippen LogP contribution in [0.2, 0.25) is 0 Å². The summed E-state index contributed by atoms with van der Waals surface area (Å²) in [6.45, 7) is 4.84. The van der Waals surface area contributed by atoms with Crippen molar-refractivity contribution in [2.45, 2.75) is 19.1 Å². The second kappa shape index (κ2) is 12.6. The van der Waals surface area contributed by atoms with Gasteiger partial charge in [0.2, 0.25) is 5.82 Å². The highest BCUT2D eigenvalue weighted by molar-refractivity contribution is 5.68. The first-order valence-corrected chi connectivity index (χ1v) is 13.0. The van der Waals surface area contributed by atoms with E-state index < -0.39 is 5.97 Å². The predicted molar refractivity (Wildman–Crippen MR) is 145 cm³/mol. The van der Waals surface area contributed by atoms with Crippen molar-refractivity contribution < 1.29 is 19.7 Å². The van der Waals surface area contributed by atoms with Crippen LogP contribution in [0, 0.1) is 0 Å². The van der Waals surface area contributed by atoms with Crippen molar-refractivity contribution >= 4 is 5.97 Å². The quantitative estimate of drug-likeness (QED) is 0.283. The van der Waals surface area contributed by atoms with Crippen molar-refractivity contribution in [1.82, 2.24) is 30.0 Å². The first kappa shape index (κ1) is 26.5. The molecule has 1 fully saturated rings. The lowest BCUT2D eigenvalue weighted by Gasteiger charge is -2.40. The summed E-state index contributed by atoms with van der Waals surface area (Å²) in [6.07, 6.45) is 0. The third-order valence-electron chi connectivity index (χ3n) is 6.81. The molecule has 202 valence electrons. The molecule has 1 aliphatic heterocycles. The molecule has 10 nitrogen and oxygen atoms in total. The first-order chi connectivity index (χ1) is 19.0. The molecule has 5 rings (SSSR count). The van der Waals surface area contributed by atoms with Crippen LogP contribution in [0.5, 0.6) is 5.75 Å². The molecule has 1 atom stereocenters. The molecule has 39 heavy (non-hydrogen) atoms. The van der Waals surface area contributed by atoms with Crippen LogP contribution in [0.3, 0.4) is 0 Å². The Morgan fingerprint density at radius 2 is 1.69 bits per heavy atom. The van der Waals surface area contributed by atoms with Crippen LogP contribution in [0.1, 0.15) is 22.7 Å². The first-order valence-electron chi connectivity index (χ1n) is 13.0. The van der Waals surface area contributed by atoms with E-state index in [-0.39, 0.29) is 25.0 Å². The Kier molecular flexibility index (Phi) is 8.57. The van der Waals surface area contributed by atoms with Crippen molar-refractivity contribution in [3.63, 3.8) is 0 Å². The van der Waals surface area contributed by atoms with Crippen LogP contribution in [-0.2, 0) is 22.6 Å². The molecule has 10 heteroatoms. The zero-order chi connectivity index (χ0) is 27.0. The molecule has 0 bridgehead atoms. The van der Waals surface area contributed by atoms with E-state index >= 15 is 0 Å². The van der Waals surface area contributed by atoms with Gasteiger partial charge >= 0.3 is 5.97 Å². The van der Waals surface area contributed by atoms with E-state index in [0.717, 1.165) is 49.4 Å². The minimum Gasteiger partial charge on any atom is -0.508 e. The van der Waals surface area contributed by atoms with Gasteiger partial charge < -0.3 is 14.9 Å². The molecule has 0 saturated carbocycles. The molecule has 0 aliphatic carbocycles. The summed E-state index contributed by atoms with van der Waals surface area (Å²) in [5, 5.41) is 31.5. The van der Waals surface area contributed by atoms with Gasteiger partial charge in [-0.05, 0) is 34.0 Å². The van der Waals surface area contributed by atoms with Gasteiger partial charge in [0.25, 0.3) is 0 Å². The maximum Gasteiger partial charge on any atom is 0.329 e. The number of piperazine rings is 1. The summed E-state index contributed by atoms with van der Waals surface area (Å²) in [6, 6.07) is 26.2. The molecule has 1 aliphatic rings. The van der Waals surface area contributed by atoms with Crippen LogP contribution in [0.25, 0.3) is 11.4 Å². The topological polar surface area (TPSA) is 117 Å². The summed E-state index contributed by atoms with van der Waals surface area (Å²) in [5.74, 6) is -0.270. The predicted octanol–water partition coefficient (Wildman–Crippen LogP) is 3.05. The van der Waals surface area contributed by atoms with Gasteiger partial charge in [-0.3, -0.25) is 9.80 Å². The molecule has 0 spiro atoms. The Balaban J connectivity index is 1.28. The fourth-order valence-corrected chi connectivity index (χ4v) is 4.90. The normalized spacial score (nSPS) is 15.3. The summed E-state index contributed by atoms with van der Waals surface area (Å²) in [5.41, 5.74) is 4.32. The lowest BCUT2D eigenvalue weighted by atomic mass is 9.95. The smallest absolute Gasteiger partial charge is 0.329 e. The minimum atomic E-state index is -1.01. The molecule has 3 aromatic carbocycles. The Morgan fingerprint density at radius 1 is 0.923 bits per heavy atom. The highest BCUT2D eigenvalue weighted by Gasteiger charge is 2.27. The average molecular weight is 529 g/mol. The Hall–Kier alpha value is -4.12. The van der Waals surface area contributed by atoms with Gasteiger partial charge in [-0.25, -0.2) is 4.79 Å². The van der Waals surface area contributed by atoms with Crippen LogP contribution in [0.15, 0.2) is 78.9 Å². The molecule has 0 amide bonds. The van der Waals surface area contributed by atoms with Gasteiger partial charge in [0.1, 0.15) is 12.4 Å². The number of carboxylic acids is 1. The maximum absolute atomic E-state index is 10.6. The highest BCUT2D eigenvalue weighted by Crippen LogP contribution is 2.32. The number of phenols is 1. The fourth-order valence-electron chi connectivity index (χ4n) is 4.90. The number of aliphatic carboxylic acids is 1. The summed E-state index contributed by atoms with van der Waals surface area (Å²) in [4.78, 5) is 16.9. The third kappa shape index (κ3) is 7.05. The molecule has 2 heterocycles. The van der Waals surface area contributed by atoms with Gasteiger partial charge in [-0.2, -0.15) is 4.80 Å². The standard InChI is InChI=1S/C29H32N6O4/c36-26-8-4-7-25(19-26)28(34-15-13-33(14-16-34)20-22-5-2-1-3-6-22)23-9-11-24(12-10-23)29-30-32-35(31-29)17-18-39-21-27(37)38/h1-12,19,28,36H,13-18,20-21H2,(H,37,38). The van der Waals surface area contributed by atoms with Crippen molar-refractivity contribution in [3.8, 4) is 17.1 Å². The minimum absolute atomic E-state index is 0.0000471. The Morgan fingerprint density at radius 3 is 2.41 bits per heavy atom. The van der Waals surface area contributed by atoms with E-state index in [2.05, 4.69) is 67.7 Å². The van der Waals surface area contributed by atoms with E-state index in [9.17, 15) is 9.90 Å². The molecule has 0 radical (unpaired) electrons. The number of carboxylic acid groups (broad SMARTS) is 1. The molecular weight excluding hydrogens is 496 g/mol. The lowest BCUT2D eigenvalue weighted by molar-refractivity contribution is -0.142. The third-order valence-corrected chi connectivity index (χ3v) is 6.81.